The van der Waals surface area contributed by atoms with E-state index in [-0.39, 0.29) is 0 Å². The quantitative estimate of drug-likeness (QED) is 0.830. The molecule has 2 aliphatic heterocycles. The predicted molar refractivity (Wildman–Crippen MR) is 101 cm³/mol. The number of aromatic nitrogens is 2. The highest BCUT2D eigenvalue weighted by Gasteiger charge is 2.48. The standard InChI is InChI=1S/C19H30N4O3/c1-3-7-19(17(25)26)8-11-23(13-15(19)24)16-12-14(2)20-18(21-16)22-9-5-4-6-10-22/h12,15,24H,3-11,13H2,1-2H3,(H,25,26)/t15-,19-/m0/s1. The van der Waals surface area contributed by atoms with Crippen molar-refractivity contribution < 1.29 is 15.0 Å². The van der Waals surface area contributed by atoms with Crippen LogP contribution in [0.25, 0.3) is 0 Å². The fourth-order valence-corrected chi connectivity index (χ4v) is 4.21. The Kier molecular flexibility index (Phi) is 5.65. The highest BCUT2D eigenvalue weighted by molar-refractivity contribution is 5.76. The van der Waals surface area contributed by atoms with Crippen molar-refractivity contribution in [3.05, 3.63) is 11.8 Å². The summed E-state index contributed by atoms with van der Waals surface area (Å²) in [6, 6.07) is 1.92. The van der Waals surface area contributed by atoms with Gasteiger partial charge in [0.05, 0.1) is 11.5 Å². The second kappa shape index (κ2) is 7.78. The maximum Gasteiger partial charge on any atom is 0.312 e. The van der Waals surface area contributed by atoms with E-state index in [1.807, 2.05) is 24.8 Å². The van der Waals surface area contributed by atoms with Gasteiger partial charge in [0.2, 0.25) is 5.95 Å². The molecule has 0 aliphatic carbocycles. The van der Waals surface area contributed by atoms with Crippen LogP contribution in [0.1, 0.15) is 51.1 Å². The van der Waals surface area contributed by atoms with Crippen LogP contribution in [0, 0.1) is 12.3 Å². The van der Waals surface area contributed by atoms with Crippen LogP contribution in [0.2, 0.25) is 0 Å². The molecule has 3 rings (SSSR count). The monoisotopic (exact) mass is 362 g/mol. The van der Waals surface area contributed by atoms with Gasteiger partial charge in [-0.2, -0.15) is 4.98 Å². The second-order valence-electron chi connectivity index (χ2n) is 7.64. The molecule has 26 heavy (non-hydrogen) atoms. The van der Waals surface area contributed by atoms with Crippen LogP contribution in [0.4, 0.5) is 11.8 Å². The molecule has 0 bridgehead atoms. The zero-order valence-corrected chi connectivity index (χ0v) is 15.8. The normalized spacial score (nSPS) is 26.8. The molecule has 144 valence electrons. The number of nitrogens with zero attached hydrogens (tertiary/aromatic N) is 4. The molecule has 2 fully saturated rings. The lowest BCUT2D eigenvalue weighted by Gasteiger charge is -2.43. The number of piperidine rings is 2. The third-order valence-corrected chi connectivity index (χ3v) is 5.77. The first kappa shape index (κ1) is 18.9. The van der Waals surface area contributed by atoms with Crippen molar-refractivity contribution in [1.29, 1.82) is 0 Å². The van der Waals surface area contributed by atoms with Gasteiger partial charge in [0, 0.05) is 37.9 Å². The summed E-state index contributed by atoms with van der Waals surface area (Å²) in [5.41, 5.74) is -0.142. The Bertz CT molecular complexity index is 648. The van der Waals surface area contributed by atoms with Crippen LogP contribution in [0.5, 0.6) is 0 Å². The number of rotatable bonds is 5. The number of hydrogen-bond donors (Lipinski definition) is 2. The molecule has 1 aromatic rings. The minimum Gasteiger partial charge on any atom is -0.481 e. The molecule has 2 aliphatic rings. The van der Waals surface area contributed by atoms with E-state index in [1.54, 1.807) is 0 Å². The van der Waals surface area contributed by atoms with Crippen LogP contribution in [0.3, 0.4) is 0 Å². The van der Waals surface area contributed by atoms with Gasteiger partial charge in [-0.25, -0.2) is 4.98 Å². The van der Waals surface area contributed by atoms with E-state index in [9.17, 15) is 15.0 Å². The van der Waals surface area contributed by atoms with Gasteiger partial charge in [-0.3, -0.25) is 4.79 Å². The number of carbonyl (C=O) groups is 1. The molecule has 3 heterocycles. The molecule has 1 aromatic heterocycles. The van der Waals surface area contributed by atoms with E-state index in [1.165, 1.54) is 6.42 Å². The Labute approximate surface area is 155 Å². The topological polar surface area (TPSA) is 89.8 Å². The Morgan fingerprint density at radius 1 is 1.23 bits per heavy atom. The Balaban J connectivity index is 1.80. The summed E-state index contributed by atoms with van der Waals surface area (Å²) >= 11 is 0. The lowest BCUT2D eigenvalue weighted by atomic mass is 9.73. The van der Waals surface area contributed by atoms with Crippen LogP contribution in [-0.2, 0) is 4.79 Å². The molecule has 2 atom stereocenters. The first-order valence-corrected chi connectivity index (χ1v) is 9.73. The smallest absolute Gasteiger partial charge is 0.312 e. The van der Waals surface area contributed by atoms with Gasteiger partial charge in [-0.1, -0.05) is 13.3 Å². The molecule has 7 nitrogen and oxygen atoms in total. The number of β-amino-alcohol motifs (C(OH)–C–C–N with tert-alkyl or cyclic N) is 1. The highest BCUT2D eigenvalue weighted by Crippen LogP contribution is 2.38. The number of aryl methyl sites for hydroxylation is 1. The third kappa shape index (κ3) is 3.63. The van der Waals surface area contributed by atoms with Crippen LogP contribution in [-0.4, -0.2) is 58.4 Å². The van der Waals surface area contributed by atoms with Gasteiger partial charge in [-0.05, 0) is 39.0 Å². The molecule has 2 N–H and O–H groups in total. The number of aliphatic hydroxyl groups excluding tert-OH is 1. The van der Waals surface area contributed by atoms with Crippen LogP contribution < -0.4 is 9.80 Å². The number of carboxylic acids is 1. The molecule has 0 unspecified atom stereocenters. The highest BCUT2D eigenvalue weighted by atomic mass is 16.4. The molecule has 0 aromatic carbocycles. The Morgan fingerprint density at radius 2 is 1.96 bits per heavy atom. The van der Waals surface area contributed by atoms with Gasteiger partial charge in [0.1, 0.15) is 5.82 Å². The fourth-order valence-electron chi connectivity index (χ4n) is 4.21. The summed E-state index contributed by atoms with van der Waals surface area (Å²) in [6.45, 7) is 6.75. The predicted octanol–water partition coefficient (Wildman–Crippen LogP) is 2.22. The number of aliphatic carboxylic acids is 1. The summed E-state index contributed by atoms with van der Waals surface area (Å²) in [7, 11) is 0. The first-order valence-electron chi connectivity index (χ1n) is 9.73. The van der Waals surface area contributed by atoms with E-state index in [0.29, 0.717) is 25.9 Å². The van der Waals surface area contributed by atoms with E-state index >= 15 is 0 Å². The second-order valence-corrected chi connectivity index (χ2v) is 7.64. The van der Waals surface area contributed by atoms with E-state index in [0.717, 1.165) is 49.8 Å². The van der Waals surface area contributed by atoms with Gasteiger partial charge >= 0.3 is 5.97 Å². The molecular weight excluding hydrogens is 332 g/mol. The maximum absolute atomic E-state index is 11.8. The molecular formula is C19H30N4O3. The summed E-state index contributed by atoms with van der Waals surface area (Å²) < 4.78 is 0. The number of anilines is 2. The zero-order chi connectivity index (χ0) is 18.7. The molecule has 0 saturated carbocycles. The SMILES string of the molecule is CCC[C@]1(C(=O)O)CCN(c2cc(C)nc(N3CCCCC3)n2)C[C@@H]1O. The van der Waals surface area contributed by atoms with Gasteiger partial charge < -0.3 is 20.0 Å². The van der Waals surface area contributed by atoms with Crippen LogP contribution in [0.15, 0.2) is 6.07 Å². The lowest BCUT2D eigenvalue weighted by Crippen LogP contribution is -2.55. The van der Waals surface area contributed by atoms with Crippen molar-refractivity contribution >= 4 is 17.7 Å². The molecule has 0 amide bonds. The van der Waals surface area contributed by atoms with Crippen molar-refractivity contribution in [1.82, 2.24) is 9.97 Å². The van der Waals surface area contributed by atoms with E-state index < -0.39 is 17.5 Å². The van der Waals surface area contributed by atoms with Crippen molar-refractivity contribution in [2.24, 2.45) is 5.41 Å². The van der Waals surface area contributed by atoms with Gasteiger partial charge in [0.25, 0.3) is 0 Å². The largest absolute Gasteiger partial charge is 0.481 e. The fraction of sp³-hybridized carbons (Fsp3) is 0.737. The Morgan fingerprint density at radius 3 is 2.58 bits per heavy atom. The number of hydrogen-bond acceptors (Lipinski definition) is 6. The molecule has 0 radical (unpaired) electrons. The first-order chi connectivity index (χ1) is 12.5. The van der Waals surface area contributed by atoms with Crippen molar-refractivity contribution in [3.63, 3.8) is 0 Å². The van der Waals surface area contributed by atoms with Gasteiger partial charge in [-0.15, -0.1) is 0 Å². The van der Waals surface area contributed by atoms with Crippen LogP contribution >= 0.6 is 0 Å². The van der Waals surface area contributed by atoms with E-state index in [2.05, 4.69) is 9.88 Å². The number of carboxylic acid groups (broad SMARTS) is 1. The summed E-state index contributed by atoms with van der Waals surface area (Å²) in [6.07, 6.45) is 4.35. The maximum atomic E-state index is 11.8. The molecule has 0 spiro atoms. The van der Waals surface area contributed by atoms with Crippen molar-refractivity contribution in [2.45, 2.75) is 58.5 Å². The minimum absolute atomic E-state index is 0.294. The third-order valence-electron chi connectivity index (χ3n) is 5.77. The minimum atomic E-state index is -1.04. The summed E-state index contributed by atoms with van der Waals surface area (Å²) in [5.74, 6) is 0.643. The van der Waals surface area contributed by atoms with Crippen molar-refractivity contribution in [3.8, 4) is 0 Å². The lowest BCUT2D eigenvalue weighted by molar-refractivity contribution is -0.159. The van der Waals surface area contributed by atoms with Gasteiger partial charge in [0.15, 0.2) is 0 Å². The van der Waals surface area contributed by atoms with E-state index in [4.69, 9.17) is 4.98 Å². The number of aliphatic hydroxyl groups is 1. The average Bonchev–Trinajstić information content (AvgIpc) is 2.63. The summed E-state index contributed by atoms with van der Waals surface area (Å²) in [4.78, 5) is 25.4. The average molecular weight is 362 g/mol. The summed E-state index contributed by atoms with van der Waals surface area (Å²) in [5, 5.41) is 20.4. The molecule has 2 saturated heterocycles. The Hall–Kier alpha value is -1.89. The molecule has 7 heteroatoms. The zero-order valence-electron chi connectivity index (χ0n) is 15.8. The van der Waals surface area contributed by atoms with Crippen molar-refractivity contribution in [2.75, 3.05) is 36.0 Å².